The smallest absolute Gasteiger partial charge is 0.0623 e. The number of rotatable bonds is 1. The van der Waals surface area contributed by atoms with Gasteiger partial charge in [-0.25, -0.2) is 0 Å². The molecule has 0 aromatic heterocycles. The molecule has 3 nitrogen and oxygen atoms in total. The van der Waals surface area contributed by atoms with Gasteiger partial charge in [0.1, 0.15) is 0 Å². The normalized spacial score (nSPS) is 8.69. The molecule has 68 valence electrons. The van der Waals surface area contributed by atoms with Gasteiger partial charge in [0, 0.05) is 0 Å². The minimum absolute atomic E-state index is 0. The van der Waals surface area contributed by atoms with Crippen LogP contribution in [0.15, 0.2) is 48.4 Å². The topological polar surface area (TPSA) is 54.4 Å². The van der Waals surface area contributed by atoms with E-state index in [1.165, 1.54) is 0 Å². The maximum atomic E-state index is 9.44. The van der Waals surface area contributed by atoms with Gasteiger partial charge in [-0.05, 0) is 0 Å². The summed E-state index contributed by atoms with van der Waals surface area (Å²) in [6.07, 6.45) is 0. The fourth-order valence-corrected chi connectivity index (χ4v) is 0.385. The van der Waals surface area contributed by atoms with Gasteiger partial charge < -0.3 is 0 Å². The third-order valence-corrected chi connectivity index (χ3v) is 1.30. The monoisotopic (exact) mass is 210 g/mol. The summed E-state index contributed by atoms with van der Waals surface area (Å²) in [5.41, 5.74) is 0. The van der Waals surface area contributed by atoms with Crippen LogP contribution in [0.3, 0.4) is 0 Å². The van der Waals surface area contributed by atoms with Gasteiger partial charge in [0.15, 0.2) is 0 Å². The van der Waals surface area contributed by atoms with E-state index in [0.717, 1.165) is 0 Å². The molecule has 0 aliphatic carbocycles. The summed E-state index contributed by atoms with van der Waals surface area (Å²) in [6.45, 7) is 2.79. The molecule has 0 aliphatic rings. The molecule has 0 unspecified atom stereocenters. The molecule has 0 heterocycles. The van der Waals surface area contributed by atoms with E-state index < -0.39 is 10.1 Å². The maximum absolute atomic E-state index is 9.44. The third kappa shape index (κ3) is 14.7. The van der Waals surface area contributed by atoms with E-state index in [4.69, 9.17) is 4.55 Å². The van der Waals surface area contributed by atoms with Crippen molar-refractivity contribution >= 4 is 39.7 Å². The van der Waals surface area contributed by atoms with Crippen molar-refractivity contribution in [2.75, 3.05) is 0 Å². The Kier molecular flexibility index (Phi) is 10.00. The minimum Gasteiger partial charge on any atom is -0.0623 e. The summed E-state index contributed by atoms with van der Waals surface area (Å²) >= 11 is 0. The second kappa shape index (κ2) is 8.47. The van der Waals surface area contributed by atoms with Crippen LogP contribution in [0.4, 0.5) is 0 Å². The summed E-state index contributed by atoms with van der Waals surface area (Å²) in [4.78, 5) is 0. The molecule has 0 saturated heterocycles. The maximum Gasteiger partial charge on any atom is -0.0623 e. The molecule has 0 spiro atoms. The van der Waals surface area contributed by atoms with E-state index in [1.54, 1.807) is 0 Å². The summed E-state index contributed by atoms with van der Waals surface area (Å²) in [6, 6.07) is 12.0. The molecule has 0 radical (unpaired) electrons. The standard InChI is InChI=1S/C6H6.C2H4O3S.Na.H/c1-2-4-6-5-3-1;1-2-6(3,4)5;;/h1-6H;2H,1H2,(H,3,4,5);;. The van der Waals surface area contributed by atoms with Crippen molar-refractivity contribution in [3.05, 3.63) is 48.4 Å². The third-order valence-electron chi connectivity index (χ3n) is 0.877. The summed E-state index contributed by atoms with van der Waals surface area (Å²) in [5, 5.41) is 0.465. The van der Waals surface area contributed by atoms with Crippen LogP contribution in [0.25, 0.3) is 0 Å². The Hall–Kier alpha value is -0.130. The van der Waals surface area contributed by atoms with Crippen LogP contribution in [-0.4, -0.2) is 42.5 Å². The first-order valence-corrected chi connectivity index (χ1v) is 4.66. The largest absolute Gasteiger partial charge is 0.0623 e. The van der Waals surface area contributed by atoms with Crippen molar-refractivity contribution in [3.8, 4) is 0 Å². The predicted octanol–water partition coefficient (Wildman–Crippen LogP) is 1.06. The molecular formula is C8H11NaO3S. The van der Waals surface area contributed by atoms with Gasteiger partial charge in [-0.15, -0.1) is 0 Å². The van der Waals surface area contributed by atoms with Gasteiger partial charge in [0.2, 0.25) is 0 Å². The Morgan fingerprint density at radius 2 is 1.15 bits per heavy atom. The summed E-state index contributed by atoms with van der Waals surface area (Å²) in [7, 11) is -3.90. The van der Waals surface area contributed by atoms with Crippen molar-refractivity contribution in [2.24, 2.45) is 0 Å². The molecule has 0 amide bonds. The zero-order chi connectivity index (χ0) is 9.45. The zero-order valence-corrected chi connectivity index (χ0v) is 7.24. The van der Waals surface area contributed by atoms with Crippen molar-refractivity contribution in [3.63, 3.8) is 0 Å². The molecule has 1 rings (SSSR count). The molecular weight excluding hydrogens is 199 g/mol. The van der Waals surface area contributed by atoms with E-state index in [2.05, 4.69) is 6.58 Å². The van der Waals surface area contributed by atoms with E-state index in [0.29, 0.717) is 5.41 Å². The minimum atomic E-state index is -3.90. The van der Waals surface area contributed by atoms with Crippen molar-refractivity contribution in [1.29, 1.82) is 0 Å². The first-order valence-electron chi connectivity index (χ1n) is 3.16. The number of hydrogen-bond donors (Lipinski definition) is 1. The molecule has 1 aromatic carbocycles. The van der Waals surface area contributed by atoms with Crippen LogP contribution in [0.2, 0.25) is 0 Å². The van der Waals surface area contributed by atoms with Gasteiger partial charge in [-0.2, -0.15) is 8.42 Å². The molecule has 0 bridgehead atoms. The van der Waals surface area contributed by atoms with Gasteiger partial charge >= 0.3 is 29.6 Å². The van der Waals surface area contributed by atoms with Crippen molar-refractivity contribution in [1.82, 2.24) is 0 Å². The second-order valence-corrected chi connectivity index (χ2v) is 3.20. The molecule has 5 heteroatoms. The van der Waals surface area contributed by atoms with E-state index >= 15 is 0 Å². The Balaban J connectivity index is 0. The Bertz CT molecular complexity index is 269. The van der Waals surface area contributed by atoms with Crippen LogP contribution in [-0.2, 0) is 10.1 Å². The Labute approximate surface area is 101 Å². The average Bonchev–Trinajstić information content (AvgIpc) is 2.07. The zero-order valence-electron chi connectivity index (χ0n) is 6.42. The summed E-state index contributed by atoms with van der Waals surface area (Å²) in [5.74, 6) is 0. The van der Waals surface area contributed by atoms with E-state index in [-0.39, 0.29) is 29.6 Å². The molecule has 0 atom stereocenters. The van der Waals surface area contributed by atoms with E-state index in [1.807, 2.05) is 36.4 Å². The fraction of sp³-hybridized carbons (Fsp3) is 0. The quantitative estimate of drug-likeness (QED) is 0.557. The fourth-order valence-electron chi connectivity index (χ4n) is 0.385. The van der Waals surface area contributed by atoms with Crippen LogP contribution in [0, 0.1) is 0 Å². The van der Waals surface area contributed by atoms with Crippen molar-refractivity contribution in [2.45, 2.75) is 0 Å². The molecule has 0 aliphatic heterocycles. The van der Waals surface area contributed by atoms with Gasteiger partial charge in [0.05, 0.1) is 5.41 Å². The summed E-state index contributed by atoms with van der Waals surface area (Å²) < 4.78 is 26.6. The second-order valence-electron chi connectivity index (χ2n) is 1.84. The average molecular weight is 210 g/mol. The first kappa shape index (κ1) is 15.3. The molecule has 1 N–H and O–H groups in total. The Morgan fingerprint density at radius 1 is 1.00 bits per heavy atom. The first-order chi connectivity index (χ1) is 5.56. The van der Waals surface area contributed by atoms with Crippen LogP contribution in [0.5, 0.6) is 0 Å². The van der Waals surface area contributed by atoms with Crippen LogP contribution < -0.4 is 0 Å². The van der Waals surface area contributed by atoms with Crippen LogP contribution in [0.1, 0.15) is 0 Å². The molecule has 1 aromatic rings. The van der Waals surface area contributed by atoms with Gasteiger partial charge in [0.25, 0.3) is 10.1 Å². The van der Waals surface area contributed by atoms with Gasteiger partial charge in [-0.3, -0.25) is 4.55 Å². The molecule has 0 fully saturated rings. The SMILES string of the molecule is C=CS(=O)(=O)O.[NaH].c1ccccc1. The number of benzene rings is 1. The molecule has 0 saturated carbocycles. The van der Waals surface area contributed by atoms with E-state index in [9.17, 15) is 8.42 Å². The van der Waals surface area contributed by atoms with Crippen molar-refractivity contribution < 1.29 is 13.0 Å². The van der Waals surface area contributed by atoms with Crippen LogP contribution >= 0.6 is 0 Å². The predicted molar refractivity (Wildman–Crippen MR) is 55.3 cm³/mol. The number of hydrogen-bond acceptors (Lipinski definition) is 2. The molecule has 13 heavy (non-hydrogen) atoms. The Morgan fingerprint density at radius 3 is 1.23 bits per heavy atom. The van der Waals surface area contributed by atoms with Gasteiger partial charge in [-0.1, -0.05) is 43.0 Å².